The van der Waals surface area contributed by atoms with Crippen LogP contribution in [0.15, 0.2) is 0 Å². The van der Waals surface area contributed by atoms with Gasteiger partial charge in [-0.05, 0) is 34.1 Å². The Bertz CT molecular complexity index is 358. The molecule has 16 heavy (non-hydrogen) atoms. The van der Waals surface area contributed by atoms with Crippen LogP contribution < -0.4 is 5.32 Å². The first-order valence-electron chi connectivity index (χ1n) is 6.10. The molecule has 92 valence electrons. The van der Waals surface area contributed by atoms with Crippen LogP contribution in [-0.4, -0.2) is 16.8 Å². The minimum absolute atomic E-state index is 0.0226. The lowest BCUT2D eigenvalue weighted by Crippen LogP contribution is -2.25. The lowest BCUT2D eigenvalue weighted by atomic mass is 10.0. The molecular formula is C13H25N3. The van der Waals surface area contributed by atoms with Gasteiger partial charge in [-0.15, -0.1) is 0 Å². The Morgan fingerprint density at radius 3 is 2.25 bits per heavy atom. The molecular weight excluding hydrogens is 198 g/mol. The number of hydrogen-bond donors (Lipinski definition) is 1. The lowest BCUT2D eigenvalue weighted by Gasteiger charge is -2.22. The summed E-state index contributed by atoms with van der Waals surface area (Å²) in [7, 11) is 1.96. The van der Waals surface area contributed by atoms with Gasteiger partial charge in [0, 0.05) is 18.5 Å². The topological polar surface area (TPSA) is 29.9 Å². The second-order valence-corrected chi connectivity index (χ2v) is 5.50. The molecule has 0 saturated carbocycles. The maximum absolute atomic E-state index is 4.78. The van der Waals surface area contributed by atoms with Crippen LogP contribution in [0.3, 0.4) is 0 Å². The van der Waals surface area contributed by atoms with Crippen molar-refractivity contribution in [1.29, 1.82) is 0 Å². The molecule has 1 heterocycles. The number of nitrogens with one attached hydrogen (secondary N) is 1. The van der Waals surface area contributed by atoms with Crippen LogP contribution in [0.5, 0.6) is 0 Å². The van der Waals surface area contributed by atoms with Gasteiger partial charge in [-0.3, -0.25) is 0 Å². The summed E-state index contributed by atoms with van der Waals surface area (Å²) in [5, 5.41) is 8.05. The number of anilines is 1. The molecule has 1 N–H and O–H groups in total. The van der Waals surface area contributed by atoms with Gasteiger partial charge in [-0.2, -0.15) is 5.10 Å². The van der Waals surface area contributed by atoms with E-state index in [1.54, 1.807) is 0 Å². The molecule has 0 aliphatic carbocycles. The molecule has 0 aromatic carbocycles. The maximum Gasteiger partial charge on any atom is 0.127 e. The van der Waals surface area contributed by atoms with Crippen molar-refractivity contribution in [3.8, 4) is 0 Å². The maximum atomic E-state index is 4.78. The van der Waals surface area contributed by atoms with Crippen molar-refractivity contribution in [2.75, 3.05) is 12.4 Å². The van der Waals surface area contributed by atoms with E-state index in [2.05, 4.69) is 51.5 Å². The summed E-state index contributed by atoms with van der Waals surface area (Å²) in [6.45, 7) is 13.1. The van der Waals surface area contributed by atoms with Crippen LogP contribution in [0.25, 0.3) is 0 Å². The average Bonchev–Trinajstić information content (AvgIpc) is 2.53. The third kappa shape index (κ3) is 2.23. The monoisotopic (exact) mass is 223 g/mol. The van der Waals surface area contributed by atoms with Crippen LogP contribution in [-0.2, 0) is 5.54 Å². The zero-order chi connectivity index (χ0) is 12.5. The number of hydrogen-bond acceptors (Lipinski definition) is 2. The van der Waals surface area contributed by atoms with Crippen LogP contribution in [0.2, 0.25) is 0 Å². The van der Waals surface area contributed by atoms with Crippen LogP contribution in [0, 0.1) is 6.92 Å². The highest BCUT2D eigenvalue weighted by Gasteiger charge is 2.23. The molecule has 0 amide bonds. The summed E-state index contributed by atoms with van der Waals surface area (Å²) in [5.41, 5.74) is 2.53. The van der Waals surface area contributed by atoms with Crippen molar-refractivity contribution in [2.45, 2.75) is 59.4 Å². The van der Waals surface area contributed by atoms with Crippen molar-refractivity contribution in [3.63, 3.8) is 0 Å². The van der Waals surface area contributed by atoms with Gasteiger partial charge in [-0.1, -0.05) is 13.8 Å². The summed E-state index contributed by atoms with van der Waals surface area (Å²) in [4.78, 5) is 0. The Kier molecular flexibility index (Phi) is 3.66. The van der Waals surface area contributed by atoms with Crippen molar-refractivity contribution in [2.24, 2.45) is 0 Å². The normalized spacial score (nSPS) is 13.9. The number of rotatable bonds is 3. The predicted octanol–water partition coefficient (Wildman–Crippen LogP) is 3.50. The molecule has 1 aromatic rings. The van der Waals surface area contributed by atoms with E-state index >= 15 is 0 Å². The van der Waals surface area contributed by atoms with Gasteiger partial charge >= 0.3 is 0 Å². The third-order valence-electron chi connectivity index (χ3n) is 3.11. The average molecular weight is 223 g/mol. The fourth-order valence-corrected chi connectivity index (χ4v) is 1.95. The summed E-state index contributed by atoms with van der Waals surface area (Å²) in [6.07, 6.45) is 1.13. The molecule has 0 bridgehead atoms. The first-order valence-corrected chi connectivity index (χ1v) is 6.10. The molecule has 0 aliphatic heterocycles. The van der Waals surface area contributed by atoms with Gasteiger partial charge in [0.05, 0.1) is 11.2 Å². The van der Waals surface area contributed by atoms with Gasteiger partial charge in [0.15, 0.2) is 0 Å². The smallest absolute Gasteiger partial charge is 0.127 e. The number of nitrogens with zero attached hydrogens (tertiary/aromatic N) is 2. The Morgan fingerprint density at radius 1 is 1.38 bits per heavy atom. The molecule has 1 aromatic heterocycles. The molecule has 0 saturated heterocycles. The Balaban J connectivity index is 3.31. The van der Waals surface area contributed by atoms with Gasteiger partial charge in [0.2, 0.25) is 0 Å². The standard InChI is InChI=1S/C13H25N3/c1-8-9(2)11-10(3)12(14-7)16(15-11)13(4,5)6/h9,14H,8H2,1-7H3. The summed E-state index contributed by atoms with van der Waals surface area (Å²) >= 11 is 0. The summed E-state index contributed by atoms with van der Waals surface area (Å²) in [6, 6.07) is 0. The molecule has 1 rings (SSSR count). The Morgan fingerprint density at radius 2 is 1.94 bits per heavy atom. The van der Waals surface area contributed by atoms with E-state index in [0.29, 0.717) is 5.92 Å². The molecule has 0 spiro atoms. The molecule has 3 heteroatoms. The SMILES string of the molecule is CCC(C)c1nn(C(C)(C)C)c(NC)c1C. The van der Waals surface area contributed by atoms with Crippen LogP contribution in [0.1, 0.15) is 58.2 Å². The van der Waals surface area contributed by atoms with Gasteiger partial charge in [0.1, 0.15) is 5.82 Å². The van der Waals surface area contributed by atoms with Gasteiger partial charge in [0.25, 0.3) is 0 Å². The Hall–Kier alpha value is -0.990. The second kappa shape index (κ2) is 4.48. The quantitative estimate of drug-likeness (QED) is 0.850. The molecule has 1 unspecified atom stereocenters. The molecule has 0 aliphatic rings. The fourth-order valence-electron chi connectivity index (χ4n) is 1.95. The highest BCUT2D eigenvalue weighted by atomic mass is 15.4. The second-order valence-electron chi connectivity index (χ2n) is 5.50. The lowest BCUT2D eigenvalue weighted by molar-refractivity contribution is 0.356. The minimum Gasteiger partial charge on any atom is -0.373 e. The van der Waals surface area contributed by atoms with E-state index in [1.807, 2.05) is 7.05 Å². The summed E-state index contributed by atoms with van der Waals surface area (Å²) in [5.74, 6) is 1.67. The van der Waals surface area contributed by atoms with Crippen molar-refractivity contribution < 1.29 is 0 Å². The zero-order valence-electron chi connectivity index (χ0n) is 11.7. The largest absolute Gasteiger partial charge is 0.373 e. The van der Waals surface area contributed by atoms with Crippen molar-refractivity contribution >= 4 is 5.82 Å². The van der Waals surface area contributed by atoms with Crippen molar-refractivity contribution in [1.82, 2.24) is 9.78 Å². The summed E-state index contributed by atoms with van der Waals surface area (Å²) < 4.78 is 2.10. The zero-order valence-corrected chi connectivity index (χ0v) is 11.7. The van der Waals surface area contributed by atoms with E-state index in [-0.39, 0.29) is 5.54 Å². The fraction of sp³-hybridized carbons (Fsp3) is 0.769. The first-order chi connectivity index (χ1) is 7.32. The highest BCUT2D eigenvalue weighted by Crippen LogP contribution is 2.30. The van der Waals surface area contributed by atoms with Gasteiger partial charge in [-0.25, -0.2) is 4.68 Å². The van der Waals surface area contributed by atoms with E-state index in [9.17, 15) is 0 Å². The number of aromatic nitrogens is 2. The van der Waals surface area contributed by atoms with Gasteiger partial charge < -0.3 is 5.32 Å². The first kappa shape index (κ1) is 13.1. The molecule has 3 nitrogen and oxygen atoms in total. The molecule has 0 fully saturated rings. The third-order valence-corrected chi connectivity index (χ3v) is 3.11. The van der Waals surface area contributed by atoms with Crippen LogP contribution in [0.4, 0.5) is 5.82 Å². The van der Waals surface area contributed by atoms with E-state index in [1.165, 1.54) is 11.3 Å². The van der Waals surface area contributed by atoms with Crippen molar-refractivity contribution in [3.05, 3.63) is 11.3 Å². The predicted molar refractivity (Wildman–Crippen MR) is 70.2 cm³/mol. The Labute approximate surface area is 99.2 Å². The minimum atomic E-state index is 0.0226. The van der Waals surface area contributed by atoms with E-state index < -0.39 is 0 Å². The molecule has 0 radical (unpaired) electrons. The van der Waals surface area contributed by atoms with E-state index in [4.69, 9.17) is 5.10 Å². The van der Waals surface area contributed by atoms with Crippen LogP contribution >= 0.6 is 0 Å². The molecule has 1 atom stereocenters. The highest BCUT2D eigenvalue weighted by molar-refractivity contribution is 5.48. The van der Waals surface area contributed by atoms with E-state index in [0.717, 1.165) is 12.2 Å².